The normalized spacial score (nSPS) is 10.8. The molecule has 0 fully saturated rings. The molecule has 78 valence electrons. The highest BCUT2D eigenvalue weighted by Gasteiger charge is 2.07. The minimum absolute atomic E-state index is 0.640. The first-order valence-corrected chi connectivity index (χ1v) is 5.87. The van der Waals surface area contributed by atoms with Gasteiger partial charge in [-0.1, -0.05) is 6.07 Å². The molecule has 0 spiro atoms. The summed E-state index contributed by atoms with van der Waals surface area (Å²) in [6.07, 6.45) is 3.41. The molecule has 0 atom stereocenters. The maximum Gasteiger partial charge on any atom is 0.227 e. The first-order chi connectivity index (χ1) is 7.83. The molecule has 2 heterocycles. The summed E-state index contributed by atoms with van der Waals surface area (Å²) in [7, 11) is 0. The molecule has 0 bridgehead atoms. The lowest BCUT2D eigenvalue weighted by molar-refractivity contribution is 0.619. The van der Waals surface area contributed by atoms with Crippen LogP contribution in [0.25, 0.3) is 22.6 Å². The van der Waals surface area contributed by atoms with E-state index in [1.165, 1.54) is 0 Å². The monoisotopic (exact) mass is 322 g/mol. The molecule has 3 nitrogen and oxygen atoms in total. The van der Waals surface area contributed by atoms with Gasteiger partial charge < -0.3 is 4.42 Å². The van der Waals surface area contributed by atoms with E-state index < -0.39 is 0 Å². The Hall–Kier alpha value is -1.43. The van der Waals surface area contributed by atoms with Gasteiger partial charge >= 0.3 is 0 Å². The molecule has 0 radical (unpaired) electrons. The zero-order valence-electron chi connectivity index (χ0n) is 8.22. The Balaban J connectivity index is 2.19. The molecule has 0 aliphatic carbocycles. The van der Waals surface area contributed by atoms with Crippen LogP contribution < -0.4 is 0 Å². The standard InChI is InChI=1S/C12H7IN2O/c13-9-3-1-2-8(6-9)12-15-10-7-14-5-4-11(10)16-12/h1-7H. The molecule has 2 aromatic heterocycles. The Morgan fingerprint density at radius 3 is 2.94 bits per heavy atom. The molecule has 0 N–H and O–H groups in total. The van der Waals surface area contributed by atoms with Crippen molar-refractivity contribution in [2.75, 3.05) is 0 Å². The van der Waals surface area contributed by atoms with Crippen molar-refractivity contribution in [3.05, 3.63) is 46.3 Å². The topological polar surface area (TPSA) is 38.9 Å². The van der Waals surface area contributed by atoms with Gasteiger partial charge in [-0.3, -0.25) is 4.98 Å². The zero-order chi connectivity index (χ0) is 11.0. The van der Waals surface area contributed by atoms with Crippen LogP contribution in [0.5, 0.6) is 0 Å². The van der Waals surface area contributed by atoms with Crippen LogP contribution in [-0.2, 0) is 0 Å². The Morgan fingerprint density at radius 1 is 1.19 bits per heavy atom. The van der Waals surface area contributed by atoms with E-state index in [4.69, 9.17) is 4.42 Å². The number of aromatic nitrogens is 2. The van der Waals surface area contributed by atoms with E-state index in [0.717, 1.165) is 20.2 Å². The molecule has 0 amide bonds. The van der Waals surface area contributed by atoms with Gasteiger partial charge in [-0.05, 0) is 40.8 Å². The maximum atomic E-state index is 5.65. The second kappa shape index (κ2) is 3.86. The van der Waals surface area contributed by atoms with Gasteiger partial charge in [-0.2, -0.15) is 0 Å². The smallest absolute Gasteiger partial charge is 0.227 e. The summed E-state index contributed by atoms with van der Waals surface area (Å²) >= 11 is 2.27. The lowest BCUT2D eigenvalue weighted by Crippen LogP contribution is -1.78. The first kappa shape index (κ1) is 9.77. The molecule has 0 aliphatic heterocycles. The molecule has 0 unspecified atom stereocenters. The highest BCUT2D eigenvalue weighted by atomic mass is 127. The summed E-state index contributed by atoms with van der Waals surface area (Å²) < 4.78 is 6.82. The van der Waals surface area contributed by atoms with Gasteiger partial charge in [0.05, 0.1) is 6.20 Å². The fourth-order valence-corrected chi connectivity index (χ4v) is 2.07. The second-order valence-corrected chi connectivity index (χ2v) is 4.62. The number of benzene rings is 1. The Kier molecular flexibility index (Phi) is 2.36. The summed E-state index contributed by atoms with van der Waals surface area (Å²) in [6.45, 7) is 0. The predicted octanol–water partition coefficient (Wildman–Crippen LogP) is 3.49. The molecule has 4 heteroatoms. The SMILES string of the molecule is Ic1cccc(-c2nc3cnccc3o2)c1. The maximum absolute atomic E-state index is 5.65. The van der Waals surface area contributed by atoms with Crippen LogP contribution in [0.3, 0.4) is 0 Å². The van der Waals surface area contributed by atoms with E-state index in [-0.39, 0.29) is 0 Å². The number of pyridine rings is 1. The van der Waals surface area contributed by atoms with Gasteiger partial charge in [0.15, 0.2) is 5.58 Å². The van der Waals surface area contributed by atoms with Crippen molar-refractivity contribution in [2.45, 2.75) is 0 Å². The lowest BCUT2D eigenvalue weighted by Gasteiger charge is -1.94. The van der Waals surface area contributed by atoms with E-state index in [0.29, 0.717) is 5.89 Å². The molecule has 0 aliphatic rings. The summed E-state index contributed by atoms with van der Waals surface area (Å²) in [5.41, 5.74) is 2.54. The van der Waals surface area contributed by atoms with E-state index >= 15 is 0 Å². The van der Waals surface area contributed by atoms with Crippen molar-refractivity contribution in [1.82, 2.24) is 9.97 Å². The number of hydrogen-bond acceptors (Lipinski definition) is 3. The Labute approximate surface area is 106 Å². The Bertz CT molecular complexity index is 615. The summed E-state index contributed by atoms with van der Waals surface area (Å²) in [5, 5.41) is 0. The summed E-state index contributed by atoms with van der Waals surface area (Å²) in [5.74, 6) is 0.640. The van der Waals surface area contributed by atoms with Crippen molar-refractivity contribution in [2.24, 2.45) is 0 Å². The molecule has 3 rings (SSSR count). The summed E-state index contributed by atoms with van der Waals surface area (Å²) in [6, 6.07) is 9.87. The number of fused-ring (bicyclic) bond motifs is 1. The third-order valence-corrected chi connectivity index (χ3v) is 2.93. The highest BCUT2D eigenvalue weighted by Crippen LogP contribution is 2.24. The minimum Gasteiger partial charge on any atom is -0.436 e. The lowest BCUT2D eigenvalue weighted by atomic mass is 10.2. The van der Waals surface area contributed by atoms with Gasteiger partial charge in [0.2, 0.25) is 5.89 Å². The van der Waals surface area contributed by atoms with Gasteiger partial charge in [-0.25, -0.2) is 4.98 Å². The summed E-state index contributed by atoms with van der Waals surface area (Å²) in [4.78, 5) is 8.41. The zero-order valence-corrected chi connectivity index (χ0v) is 10.4. The molecular weight excluding hydrogens is 315 g/mol. The molecule has 3 aromatic rings. The van der Waals surface area contributed by atoms with Crippen LogP contribution in [0.15, 0.2) is 47.1 Å². The quantitative estimate of drug-likeness (QED) is 0.644. The molecule has 0 saturated carbocycles. The molecular formula is C12H7IN2O. The van der Waals surface area contributed by atoms with E-state index in [1.54, 1.807) is 12.4 Å². The van der Waals surface area contributed by atoms with Crippen molar-refractivity contribution >= 4 is 33.7 Å². The number of nitrogens with zero attached hydrogens (tertiary/aromatic N) is 2. The van der Waals surface area contributed by atoms with Crippen LogP contribution in [0.2, 0.25) is 0 Å². The van der Waals surface area contributed by atoms with Gasteiger partial charge in [0, 0.05) is 21.4 Å². The van der Waals surface area contributed by atoms with Gasteiger partial charge in [0.1, 0.15) is 5.52 Å². The number of rotatable bonds is 1. The van der Waals surface area contributed by atoms with Crippen LogP contribution in [0.4, 0.5) is 0 Å². The molecule has 1 aromatic carbocycles. The van der Waals surface area contributed by atoms with Crippen LogP contribution >= 0.6 is 22.6 Å². The van der Waals surface area contributed by atoms with E-state index in [1.807, 2.05) is 30.3 Å². The second-order valence-electron chi connectivity index (χ2n) is 3.37. The van der Waals surface area contributed by atoms with Crippen LogP contribution in [-0.4, -0.2) is 9.97 Å². The predicted molar refractivity (Wildman–Crippen MR) is 70.0 cm³/mol. The van der Waals surface area contributed by atoms with Crippen LogP contribution in [0.1, 0.15) is 0 Å². The third-order valence-electron chi connectivity index (χ3n) is 2.26. The number of oxazole rings is 1. The van der Waals surface area contributed by atoms with Gasteiger partial charge in [0.25, 0.3) is 0 Å². The van der Waals surface area contributed by atoms with Crippen molar-refractivity contribution in [1.29, 1.82) is 0 Å². The molecule has 0 saturated heterocycles. The van der Waals surface area contributed by atoms with Crippen molar-refractivity contribution in [3.63, 3.8) is 0 Å². The minimum atomic E-state index is 0.640. The van der Waals surface area contributed by atoms with Gasteiger partial charge in [-0.15, -0.1) is 0 Å². The van der Waals surface area contributed by atoms with Crippen molar-refractivity contribution in [3.8, 4) is 11.5 Å². The largest absolute Gasteiger partial charge is 0.436 e. The fourth-order valence-electron chi connectivity index (χ4n) is 1.52. The fraction of sp³-hybridized carbons (Fsp3) is 0. The Morgan fingerprint density at radius 2 is 2.12 bits per heavy atom. The van der Waals surface area contributed by atoms with Crippen molar-refractivity contribution < 1.29 is 4.42 Å². The molecule has 16 heavy (non-hydrogen) atoms. The number of halogens is 1. The number of hydrogen-bond donors (Lipinski definition) is 0. The third kappa shape index (κ3) is 1.69. The van der Waals surface area contributed by atoms with E-state index in [2.05, 4.69) is 32.6 Å². The van der Waals surface area contributed by atoms with E-state index in [9.17, 15) is 0 Å². The first-order valence-electron chi connectivity index (χ1n) is 4.79. The average molecular weight is 322 g/mol. The van der Waals surface area contributed by atoms with Crippen LogP contribution in [0, 0.1) is 3.57 Å². The average Bonchev–Trinajstić information content (AvgIpc) is 2.72. The highest BCUT2D eigenvalue weighted by molar-refractivity contribution is 14.1.